The highest BCUT2D eigenvalue weighted by molar-refractivity contribution is 7.90. The van der Waals surface area contributed by atoms with Gasteiger partial charge in [0.15, 0.2) is 0 Å². The summed E-state index contributed by atoms with van der Waals surface area (Å²) in [6, 6.07) is 2.04. The SMILES string of the molecule is O=S(=O)(C1CC1)N1CCC[C@H](Oc2ncccn2)C1. The molecule has 1 aromatic heterocycles. The van der Waals surface area contributed by atoms with Crippen LogP contribution < -0.4 is 4.74 Å². The van der Waals surface area contributed by atoms with E-state index in [2.05, 4.69) is 9.97 Å². The first-order chi connectivity index (χ1) is 9.16. The summed E-state index contributed by atoms with van der Waals surface area (Å²) in [6.45, 7) is 1.02. The minimum Gasteiger partial charge on any atom is -0.459 e. The van der Waals surface area contributed by atoms with Crippen LogP contribution in [-0.4, -0.2) is 47.1 Å². The molecule has 0 amide bonds. The van der Waals surface area contributed by atoms with Crippen LogP contribution in [0.25, 0.3) is 0 Å². The molecule has 6 nitrogen and oxygen atoms in total. The zero-order chi connectivity index (χ0) is 13.3. The molecule has 3 rings (SSSR count). The van der Waals surface area contributed by atoms with Gasteiger partial charge in [0.25, 0.3) is 0 Å². The van der Waals surface area contributed by atoms with Crippen LogP contribution in [0.2, 0.25) is 0 Å². The molecule has 1 saturated heterocycles. The fraction of sp³-hybridized carbons (Fsp3) is 0.667. The standard InChI is InChI=1S/C12H17N3O3S/c16-19(17,11-4-5-11)15-8-1-3-10(9-15)18-12-13-6-2-7-14-12/h2,6-7,10-11H,1,3-5,8-9H2/t10-/m0/s1. The van der Waals surface area contributed by atoms with Crippen LogP contribution in [0.15, 0.2) is 18.5 Å². The first-order valence-corrected chi connectivity index (χ1v) is 8.09. The largest absolute Gasteiger partial charge is 0.459 e. The predicted molar refractivity (Wildman–Crippen MR) is 69.2 cm³/mol. The topological polar surface area (TPSA) is 72.4 Å². The molecular formula is C12H17N3O3S. The Kier molecular flexibility index (Phi) is 3.40. The summed E-state index contributed by atoms with van der Waals surface area (Å²) in [5.74, 6) is 0. The molecule has 1 saturated carbocycles. The molecule has 0 spiro atoms. The van der Waals surface area contributed by atoms with E-state index in [1.807, 2.05) is 0 Å². The lowest BCUT2D eigenvalue weighted by Crippen LogP contribution is -2.45. The molecule has 2 aliphatic rings. The Labute approximate surface area is 112 Å². The molecule has 2 heterocycles. The molecule has 0 bridgehead atoms. The summed E-state index contributed by atoms with van der Waals surface area (Å²) in [5.41, 5.74) is 0. The van der Waals surface area contributed by atoms with Gasteiger partial charge in [0.2, 0.25) is 10.0 Å². The molecular weight excluding hydrogens is 266 g/mol. The van der Waals surface area contributed by atoms with Crippen molar-refractivity contribution in [2.24, 2.45) is 0 Å². The highest BCUT2D eigenvalue weighted by atomic mass is 32.2. The van der Waals surface area contributed by atoms with E-state index >= 15 is 0 Å². The number of ether oxygens (including phenoxy) is 1. The molecule has 0 unspecified atom stereocenters. The molecule has 7 heteroatoms. The van der Waals surface area contributed by atoms with E-state index in [1.54, 1.807) is 22.8 Å². The number of piperidine rings is 1. The minimum absolute atomic E-state index is 0.148. The van der Waals surface area contributed by atoms with E-state index in [4.69, 9.17) is 4.74 Å². The van der Waals surface area contributed by atoms with Crippen molar-refractivity contribution in [3.63, 3.8) is 0 Å². The molecule has 0 N–H and O–H groups in total. The monoisotopic (exact) mass is 283 g/mol. The number of rotatable bonds is 4. The van der Waals surface area contributed by atoms with Gasteiger partial charge in [0.1, 0.15) is 6.10 Å². The van der Waals surface area contributed by atoms with Crippen molar-refractivity contribution in [1.29, 1.82) is 0 Å². The number of hydrogen-bond donors (Lipinski definition) is 0. The number of nitrogens with zero attached hydrogens (tertiary/aromatic N) is 3. The van der Waals surface area contributed by atoms with Gasteiger partial charge in [-0.25, -0.2) is 18.4 Å². The fourth-order valence-electron chi connectivity index (χ4n) is 2.30. The second kappa shape index (κ2) is 5.05. The van der Waals surface area contributed by atoms with Gasteiger partial charge < -0.3 is 4.74 Å². The quantitative estimate of drug-likeness (QED) is 0.817. The van der Waals surface area contributed by atoms with Gasteiger partial charge in [-0.05, 0) is 31.7 Å². The van der Waals surface area contributed by atoms with E-state index in [0.717, 1.165) is 25.7 Å². The summed E-state index contributed by atoms with van der Waals surface area (Å²) in [7, 11) is -3.10. The van der Waals surface area contributed by atoms with Crippen LogP contribution in [0.4, 0.5) is 0 Å². The van der Waals surface area contributed by atoms with Crippen LogP contribution in [-0.2, 0) is 10.0 Å². The maximum atomic E-state index is 12.2. The molecule has 104 valence electrons. The molecule has 2 fully saturated rings. The average molecular weight is 283 g/mol. The lowest BCUT2D eigenvalue weighted by atomic mass is 10.1. The second-order valence-corrected chi connectivity index (χ2v) is 7.23. The maximum absolute atomic E-state index is 12.2. The summed E-state index contributed by atoms with van der Waals surface area (Å²) in [6.07, 6.45) is 6.34. The third kappa shape index (κ3) is 2.87. The van der Waals surface area contributed by atoms with Gasteiger partial charge in [-0.3, -0.25) is 0 Å². The summed E-state index contributed by atoms with van der Waals surface area (Å²) in [4.78, 5) is 8.01. The zero-order valence-corrected chi connectivity index (χ0v) is 11.4. The van der Waals surface area contributed by atoms with Crippen molar-refractivity contribution < 1.29 is 13.2 Å². The van der Waals surface area contributed by atoms with Crippen molar-refractivity contribution >= 4 is 10.0 Å². The fourth-order valence-corrected chi connectivity index (χ4v) is 4.22. The smallest absolute Gasteiger partial charge is 0.316 e. The molecule has 0 radical (unpaired) electrons. The van der Waals surface area contributed by atoms with Crippen molar-refractivity contribution in [2.75, 3.05) is 13.1 Å². The third-order valence-corrected chi connectivity index (χ3v) is 5.83. The highest BCUT2D eigenvalue weighted by Crippen LogP contribution is 2.32. The summed E-state index contributed by atoms with van der Waals surface area (Å²) in [5, 5.41) is -0.153. The normalized spacial score (nSPS) is 25.2. The van der Waals surface area contributed by atoms with Crippen LogP contribution >= 0.6 is 0 Å². The van der Waals surface area contributed by atoms with Crippen LogP contribution in [0, 0.1) is 0 Å². The first-order valence-electron chi connectivity index (χ1n) is 6.59. The van der Waals surface area contributed by atoms with Crippen molar-refractivity contribution in [1.82, 2.24) is 14.3 Å². The van der Waals surface area contributed by atoms with Gasteiger partial charge in [0.05, 0.1) is 11.8 Å². The number of sulfonamides is 1. The Morgan fingerprint density at radius 3 is 2.63 bits per heavy atom. The first kappa shape index (κ1) is 12.8. The number of hydrogen-bond acceptors (Lipinski definition) is 5. The van der Waals surface area contributed by atoms with E-state index in [-0.39, 0.29) is 11.4 Å². The third-order valence-electron chi connectivity index (χ3n) is 3.46. The summed E-state index contributed by atoms with van der Waals surface area (Å²) < 4.78 is 31.6. The Morgan fingerprint density at radius 2 is 1.95 bits per heavy atom. The molecule has 0 aromatic carbocycles. The van der Waals surface area contributed by atoms with Gasteiger partial charge in [0, 0.05) is 18.9 Å². The Balaban J connectivity index is 1.65. The lowest BCUT2D eigenvalue weighted by Gasteiger charge is -2.31. The van der Waals surface area contributed by atoms with E-state index in [1.165, 1.54) is 0 Å². The Morgan fingerprint density at radius 1 is 1.21 bits per heavy atom. The van der Waals surface area contributed by atoms with E-state index in [0.29, 0.717) is 19.1 Å². The Bertz CT molecular complexity index is 530. The van der Waals surface area contributed by atoms with Gasteiger partial charge in [-0.15, -0.1) is 0 Å². The van der Waals surface area contributed by atoms with Crippen molar-refractivity contribution in [3.05, 3.63) is 18.5 Å². The highest BCUT2D eigenvalue weighted by Gasteiger charge is 2.41. The molecule has 1 aliphatic heterocycles. The van der Waals surface area contributed by atoms with E-state index in [9.17, 15) is 8.42 Å². The second-order valence-electron chi connectivity index (χ2n) is 5.02. The molecule has 1 aromatic rings. The average Bonchev–Trinajstić information content (AvgIpc) is 3.25. The van der Waals surface area contributed by atoms with E-state index < -0.39 is 10.0 Å². The van der Waals surface area contributed by atoms with Crippen molar-refractivity contribution in [3.8, 4) is 6.01 Å². The zero-order valence-electron chi connectivity index (χ0n) is 10.6. The molecule has 1 atom stereocenters. The van der Waals surface area contributed by atoms with Crippen molar-refractivity contribution in [2.45, 2.75) is 37.0 Å². The Hall–Kier alpha value is -1.21. The van der Waals surface area contributed by atoms with Crippen LogP contribution in [0.3, 0.4) is 0 Å². The predicted octanol–water partition coefficient (Wildman–Crippen LogP) is 0.812. The number of aromatic nitrogens is 2. The minimum atomic E-state index is -3.10. The lowest BCUT2D eigenvalue weighted by molar-refractivity contribution is 0.119. The maximum Gasteiger partial charge on any atom is 0.316 e. The van der Waals surface area contributed by atoms with Gasteiger partial charge in [-0.2, -0.15) is 4.31 Å². The van der Waals surface area contributed by atoms with Crippen LogP contribution in [0.5, 0.6) is 6.01 Å². The molecule has 1 aliphatic carbocycles. The van der Waals surface area contributed by atoms with Crippen LogP contribution in [0.1, 0.15) is 25.7 Å². The summed E-state index contributed by atoms with van der Waals surface area (Å²) >= 11 is 0. The van der Waals surface area contributed by atoms with Gasteiger partial charge in [-0.1, -0.05) is 0 Å². The van der Waals surface area contributed by atoms with Gasteiger partial charge >= 0.3 is 6.01 Å². The molecule has 19 heavy (non-hydrogen) atoms.